The van der Waals surface area contributed by atoms with Crippen molar-refractivity contribution in [3.63, 3.8) is 0 Å². The van der Waals surface area contributed by atoms with E-state index < -0.39 is 15.8 Å². The quantitative estimate of drug-likeness (QED) is 0.565. The molecule has 0 unspecified atom stereocenters. The van der Waals surface area contributed by atoms with Crippen molar-refractivity contribution in [1.82, 2.24) is 14.4 Å². The molecule has 0 spiro atoms. The molecule has 8 nitrogen and oxygen atoms in total. The first kappa shape index (κ1) is 20.3. The van der Waals surface area contributed by atoms with Crippen molar-refractivity contribution in [1.29, 1.82) is 0 Å². The molecule has 1 aliphatic rings. The van der Waals surface area contributed by atoms with E-state index in [9.17, 15) is 12.8 Å². The maximum atomic E-state index is 13.6. The number of hydrogen-bond acceptors (Lipinski definition) is 7. The fourth-order valence-electron chi connectivity index (χ4n) is 3.31. The molecule has 158 valence electrons. The van der Waals surface area contributed by atoms with Crippen LogP contribution in [0.1, 0.15) is 23.2 Å². The molecule has 2 aromatic carbocycles. The number of para-hydroxylation sites is 1. The topological polar surface area (TPSA) is 94.8 Å². The standard InChI is InChI=1S/C20H20FN3O5S/c1-27-16-6-4-3-5-13(16)9-19-22-20(29-23-19)14-11-24(12-14)30(25,26)18-10-15(21)7-8-17(18)28-2/h3-8,10,14H,9,11-12H2,1-2H3. The van der Waals surface area contributed by atoms with E-state index in [1.54, 1.807) is 7.11 Å². The minimum Gasteiger partial charge on any atom is -0.496 e. The molecule has 10 heteroatoms. The Morgan fingerprint density at radius 1 is 1.13 bits per heavy atom. The molecule has 1 aromatic heterocycles. The summed E-state index contributed by atoms with van der Waals surface area (Å²) in [5, 5.41) is 3.99. The molecule has 2 heterocycles. The minimum atomic E-state index is -3.90. The highest BCUT2D eigenvalue weighted by molar-refractivity contribution is 7.89. The second-order valence-electron chi connectivity index (χ2n) is 6.85. The zero-order valence-electron chi connectivity index (χ0n) is 16.4. The van der Waals surface area contributed by atoms with Crippen molar-refractivity contribution in [2.24, 2.45) is 0 Å². The van der Waals surface area contributed by atoms with Crippen LogP contribution in [-0.4, -0.2) is 50.2 Å². The molecular weight excluding hydrogens is 413 g/mol. The molecule has 0 bridgehead atoms. The van der Waals surface area contributed by atoms with Gasteiger partial charge in [-0.2, -0.15) is 9.29 Å². The van der Waals surface area contributed by atoms with E-state index in [2.05, 4.69) is 10.1 Å². The van der Waals surface area contributed by atoms with E-state index in [-0.39, 0.29) is 29.7 Å². The number of halogens is 1. The number of hydrogen-bond donors (Lipinski definition) is 0. The van der Waals surface area contributed by atoms with Gasteiger partial charge in [0.2, 0.25) is 15.9 Å². The van der Waals surface area contributed by atoms with E-state index >= 15 is 0 Å². The van der Waals surface area contributed by atoms with Crippen LogP contribution >= 0.6 is 0 Å². The van der Waals surface area contributed by atoms with Gasteiger partial charge in [-0.3, -0.25) is 0 Å². The van der Waals surface area contributed by atoms with Gasteiger partial charge in [0.05, 0.1) is 20.1 Å². The average Bonchev–Trinajstić information content (AvgIpc) is 3.15. The maximum Gasteiger partial charge on any atom is 0.246 e. The van der Waals surface area contributed by atoms with Crippen LogP contribution in [-0.2, 0) is 16.4 Å². The molecule has 4 rings (SSSR count). The summed E-state index contributed by atoms with van der Waals surface area (Å²) in [4.78, 5) is 4.20. The van der Waals surface area contributed by atoms with Crippen LogP contribution in [0.2, 0.25) is 0 Å². The van der Waals surface area contributed by atoms with Crippen molar-refractivity contribution in [2.45, 2.75) is 17.2 Å². The SMILES string of the molecule is COc1ccccc1Cc1noc(C2CN(S(=O)(=O)c3cc(F)ccc3OC)C2)n1. The van der Waals surface area contributed by atoms with Gasteiger partial charge in [0.15, 0.2) is 5.82 Å². The third-order valence-corrected chi connectivity index (χ3v) is 6.82. The van der Waals surface area contributed by atoms with E-state index in [1.165, 1.54) is 17.5 Å². The predicted octanol–water partition coefficient (Wildman–Crippen LogP) is 2.60. The second-order valence-corrected chi connectivity index (χ2v) is 8.76. The van der Waals surface area contributed by atoms with Gasteiger partial charge in [-0.1, -0.05) is 23.4 Å². The fourth-order valence-corrected chi connectivity index (χ4v) is 5.00. The monoisotopic (exact) mass is 433 g/mol. The first-order valence-electron chi connectivity index (χ1n) is 9.20. The summed E-state index contributed by atoms with van der Waals surface area (Å²) in [5.74, 6) is 0.813. The highest BCUT2D eigenvalue weighted by Crippen LogP contribution is 2.35. The molecule has 0 amide bonds. The summed E-state index contributed by atoms with van der Waals surface area (Å²) in [6, 6.07) is 10.9. The summed E-state index contributed by atoms with van der Waals surface area (Å²) in [5.41, 5.74) is 0.920. The van der Waals surface area contributed by atoms with Crippen molar-refractivity contribution in [3.8, 4) is 11.5 Å². The molecule has 0 radical (unpaired) electrons. The number of nitrogens with zero attached hydrogens (tertiary/aromatic N) is 3. The molecule has 0 N–H and O–H groups in total. The first-order valence-corrected chi connectivity index (χ1v) is 10.6. The predicted molar refractivity (Wildman–Crippen MR) is 105 cm³/mol. The Labute approximate surface area is 173 Å². The third kappa shape index (κ3) is 3.75. The lowest BCUT2D eigenvalue weighted by Gasteiger charge is -2.36. The molecule has 0 saturated carbocycles. The number of benzene rings is 2. The average molecular weight is 433 g/mol. The molecule has 1 saturated heterocycles. The Hall–Kier alpha value is -2.98. The molecule has 1 fully saturated rings. The zero-order valence-corrected chi connectivity index (χ0v) is 17.2. The van der Waals surface area contributed by atoms with E-state index in [0.29, 0.717) is 18.1 Å². The minimum absolute atomic E-state index is 0.0942. The van der Waals surface area contributed by atoms with Gasteiger partial charge in [0, 0.05) is 25.1 Å². The molecule has 30 heavy (non-hydrogen) atoms. The van der Waals surface area contributed by atoms with Crippen LogP contribution in [0.4, 0.5) is 4.39 Å². The fraction of sp³-hybridized carbons (Fsp3) is 0.300. The molecule has 0 aliphatic carbocycles. The van der Waals surface area contributed by atoms with Crippen LogP contribution < -0.4 is 9.47 Å². The lowest BCUT2D eigenvalue weighted by molar-refractivity contribution is 0.216. The lowest BCUT2D eigenvalue weighted by atomic mass is 10.0. The molecular formula is C20H20FN3O5S. The summed E-state index contributed by atoms with van der Waals surface area (Å²) < 4.78 is 56.2. The Balaban J connectivity index is 1.46. The third-order valence-electron chi connectivity index (χ3n) is 4.97. The van der Waals surface area contributed by atoms with Crippen molar-refractivity contribution in [2.75, 3.05) is 27.3 Å². The highest BCUT2D eigenvalue weighted by Gasteiger charge is 2.41. The zero-order chi connectivity index (χ0) is 21.3. The summed E-state index contributed by atoms with van der Waals surface area (Å²) in [7, 11) is -0.962. The van der Waals surface area contributed by atoms with Crippen molar-refractivity contribution < 1.29 is 26.8 Å². The molecule has 0 atom stereocenters. The van der Waals surface area contributed by atoms with Crippen LogP contribution in [0.3, 0.4) is 0 Å². The van der Waals surface area contributed by atoms with Gasteiger partial charge in [-0.25, -0.2) is 12.8 Å². The lowest BCUT2D eigenvalue weighted by Crippen LogP contribution is -2.48. The number of methoxy groups -OCH3 is 2. The van der Waals surface area contributed by atoms with Crippen LogP contribution in [0, 0.1) is 5.82 Å². The largest absolute Gasteiger partial charge is 0.496 e. The Bertz CT molecular complexity index is 1160. The normalized spacial score (nSPS) is 15.0. The van der Waals surface area contributed by atoms with Gasteiger partial charge in [-0.05, 0) is 24.3 Å². The molecule has 3 aromatic rings. The van der Waals surface area contributed by atoms with E-state index in [0.717, 1.165) is 23.4 Å². The number of aromatic nitrogens is 2. The van der Waals surface area contributed by atoms with E-state index in [1.807, 2.05) is 24.3 Å². The molecule has 1 aliphatic heterocycles. The maximum absolute atomic E-state index is 13.6. The van der Waals surface area contributed by atoms with E-state index in [4.69, 9.17) is 14.0 Å². The van der Waals surface area contributed by atoms with Crippen LogP contribution in [0.5, 0.6) is 11.5 Å². The van der Waals surface area contributed by atoms with Crippen LogP contribution in [0.25, 0.3) is 0 Å². The van der Waals surface area contributed by atoms with Gasteiger partial charge < -0.3 is 14.0 Å². The summed E-state index contributed by atoms with van der Waals surface area (Å²) in [6.07, 6.45) is 0.433. The Morgan fingerprint density at radius 2 is 1.87 bits per heavy atom. The number of sulfonamides is 1. The van der Waals surface area contributed by atoms with Gasteiger partial charge in [0.1, 0.15) is 22.2 Å². The van der Waals surface area contributed by atoms with Gasteiger partial charge >= 0.3 is 0 Å². The number of ether oxygens (including phenoxy) is 2. The van der Waals surface area contributed by atoms with Gasteiger partial charge in [-0.15, -0.1) is 0 Å². The Morgan fingerprint density at radius 3 is 2.60 bits per heavy atom. The van der Waals surface area contributed by atoms with Crippen LogP contribution in [0.15, 0.2) is 51.9 Å². The van der Waals surface area contributed by atoms with Crippen molar-refractivity contribution >= 4 is 10.0 Å². The first-order chi connectivity index (χ1) is 14.4. The number of rotatable bonds is 7. The summed E-state index contributed by atoms with van der Waals surface area (Å²) >= 11 is 0. The summed E-state index contributed by atoms with van der Waals surface area (Å²) in [6.45, 7) is 0.330. The second kappa shape index (κ2) is 8.04. The Kier molecular flexibility index (Phi) is 5.44. The van der Waals surface area contributed by atoms with Crippen molar-refractivity contribution in [3.05, 3.63) is 65.6 Å². The highest BCUT2D eigenvalue weighted by atomic mass is 32.2. The van der Waals surface area contributed by atoms with Gasteiger partial charge in [0.25, 0.3) is 0 Å². The smallest absolute Gasteiger partial charge is 0.246 e.